The predicted octanol–water partition coefficient (Wildman–Crippen LogP) is 2.27. The van der Waals surface area contributed by atoms with Crippen LogP contribution >= 0.6 is 11.6 Å². The van der Waals surface area contributed by atoms with Crippen LogP contribution in [0.1, 0.15) is 23.4 Å². The van der Waals surface area contributed by atoms with Crippen LogP contribution < -0.4 is 5.32 Å². The molecule has 6 heteroatoms. The first-order valence-electron chi connectivity index (χ1n) is 5.17. The largest absolute Gasteiger partial charge is 0.319 e. The Morgan fingerprint density at radius 2 is 2.12 bits per heavy atom. The number of rotatable bonds is 3. The molecule has 0 fully saturated rings. The summed E-state index contributed by atoms with van der Waals surface area (Å²) in [5.74, 6) is 0.478. The lowest BCUT2D eigenvalue weighted by Gasteiger charge is -2.01. The van der Waals surface area contributed by atoms with Gasteiger partial charge in [0, 0.05) is 17.1 Å². The summed E-state index contributed by atoms with van der Waals surface area (Å²) >= 11 is 5.74. The van der Waals surface area contributed by atoms with Gasteiger partial charge in [0.2, 0.25) is 5.82 Å². The summed E-state index contributed by atoms with van der Waals surface area (Å²) in [7, 11) is 0. The number of benzene rings is 1. The SMILES string of the molecule is CCc1nc(C(=O)Nc2ccc(Cl)cc2)n[nH]1. The van der Waals surface area contributed by atoms with Gasteiger partial charge in [-0.2, -0.15) is 0 Å². The van der Waals surface area contributed by atoms with Gasteiger partial charge >= 0.3 is 0 Å². The van der Waals surface area contributed by atoms with Crippen LogP contribution in [0.3, 0.4) is 0 Å². The zero-order valence-corrected chi connectivity index (χ0v) is 9.95. The van der Waals surface area contributed by atoms with E-state index in [-0.39, 0.29) is 11.7 Å². The van der Waals surface area contributed by atoms with Crippen LogP contribution in [0, 0.1) is 0 Å². The van der Waals surface area contributed by atoms with Gasteiger partial charge in [0.25, 0.3) is 5.91 Å². The standard InChI is InChI=1S/C11H11ClN4O/c1-2-9-14-10(16-15-9)11(17)13-8-5-3-7(12)4-6-8/h3-6H,2H2,1H3,(H,13,17)(H,14,15,16). The normalized spacial score (nSPS) is 10.2. The van der Waals surface area contributed by atoms with Crippen molar-refractivity contribution in [1.29, 1.82) is 0 Å². The van der Waals surface area contributed by atoms with E-state index in [2.05, 4.69) is 20.5 Å². The first-order chi connectivity index (χ1) is 8.19. The lowest BCUT2D eigenvalue weighted by atomic mass is 10.3. The van der Waals surface area contributed by atoms with Gasteiger partial charge in [-0.3, -0.25) is 9.89 Å². The highest BCUT2D eigenvalue weighted by molar-refractivity contribution is 6.30. The number of aromatic nitrogens is 3. The molecule has 0 bridgehead atoms. The molecule has 0 aliphatic heterocycles. The van der Waals surface area contributed by atoms with E-state index in [1.165, 1.54) is 0 Å². The Hall–Kier alpha value is -1.88. The average Bonchev–Trinajstić information content (AvgIpc) is 2.81. The molecule has 2 N–H and O–H groups in total. The van der Waals surface area contributed by atoms with Crippen molar-refractivity contribution in [3.63, 3.8) is 0 Å². The molecule has 5 nitrogen and oxygen atoms in total. The van der Waals surface area contributed by atoms with E-state index in [0.29, 0.717) is 23.0 Å². The third-order valence-electron chi connectivity index (χ3n) is 2.17. The van der Waals surface area contributed by atoms with E-state index in [1.54, 1.807) is 24.3 Å². The second-order valence-corrected chi connectivity index (χ2v) is 3.86. The minimum atomic E-state index is -0.344. The lowest BCUT2D eigenvalue weighted by Crippen LogP contribution is -2.13. The summed E-state index contributed by atoms with van der Waals surface area (Å²) < 4.78 is 0. The predicted molar refractivity (Wildman–Crippen MR) is 65.2 cm³/mol. The molecular formula is C11H11ClN4O. The van der Waals surface area contributed by atoms with Gasteiger partial charge in [-0.25, -0.2) is 4.98 Å². The molecule has 1 heterocycles. The maximum absolute atomic E-state index is 11.7. The number of anilines is 1. The second-order valence-electron chi connectivity index (χ2n) is 3.42. The zero-order chi connectivity index (χ0) is 12.3. The van der Waals surface area contributed by atoms with Crippen molar-refractivity contribution in [3.05, 3.63) is 40.9 Å². The van der Waals surface area contributed by atoms with E-state index in [0.717, 1.165) is 0 Å². The molecule has 0 unspecified atom stereocenters. The Morgan fingerprint density at radius 3 is 2.71 bits per heavy atom. The maximum Gasteiger partial charge on any atom is 0.295 e. The third kappa shape index (κ3) is 2.82. The minimum Gasteiger partial charge on any atom is -0.319 e. The number of hydrogen-bond acceptors (Lipinski definition) is 3. The molecule has 1 aromatic heterocycles. The lowest BCUT2D eigenvalue weighted by molar-refractivity contribution is 0.101. The zero-order valence-electron chi connectivity index (χ0n) is 9.20. The van der Waals surface area contributed by atoms with Crippen molar-refractivity contribution in [1.82, 2.24) is 15.2 Å². The van der Waals surface area contributed by atoms with Crippen LogP contribution in [-0.4, -0.2) is 21.1 Å². The van der Waals surface area contributed by atoms with Crippen LogP contribution in [0.4, 0.5) is 5.69 Å². The van der Waals surface area contributed by atoms with Crippen LogP contribution in [-0.2, 0) is 6.42 Å². The summed E-state index contributed by atoms with van der Waals surface area (Å²) in [6, 6.07) is 6.83. The Kier molecular flexibility index (Phi) is 3.39. The molecule has 0 saturated heterocycles. The minimum absolute atomic E-state index is 0.136. The van der Waals surface area contributed by atoms with Crippen LogP contribution in [0.15, 0.2) is 24.3 Å². The van der Waals surface area contributed by atoms with Gasteiger partial charge in [0.05, 0.1) is 0 Å². The number of hydrogen-bond donors (Lipinski definition) is 2. The smallest absolute Gasteiger partial charge is 0.295 e. The van der Waals surface area contributed by atoms with Gasteiger partial charge in [-0.15, -0.1) is 5.10 Å². The number of carbonyl (C=O) groups excluding carboxylic acids is 1. The summed E-state index contributed by atoms with van der Waals surface area (Å²) in [4.78, 5) is 15.8. The number of aromatic amines is 1. The monoisotopic (exact) mass is 250 g/mol. The molecule has 0 saturated carbocycles. The number of nitrogens with one attached hydrogen (secondary N) is 2. The number of amides is 1. The van der Waals surface area contributed by atoms with Crippen molar-refractivity contribution in [2.24, 2.45) is 0 Å². The molecule has 0 aliphatic carbocycles. The summed E-state index contributed by atoms with van der Waals surface area (Å²) in [5, 5.41) is 9.81. The number of carbonyl (C=O) groups is 1. The quantitative estimate of drug-likeness (QED) is 0.878. The van der Waals surface area contributed by atoms with Gasteiger partial charge in [-0.05, 0) is 24.3 Å². The van der Waals surface area contributed by atoms with E-state index in [9.17, 15) is 4.79 Å². The highest BCUT2D eigenvalue weighted by Gasteiger charge is 2.11. The molecule has 0 spiro atoms. The molecule has 0 radical (unpaired) electrons. The molecular weight excluding hydrogens is 240 g/mol. The van der Waals surface area contributed by atoms with Gasteiger partial charge in [0.15, 0.2) is 0 Å². The fraction of sp³-hybridized carbons (Fsp3) is 0.182. The van der Waals surface area contributed by atoms with Gasteiger partial charge < -0.3 is 5.32 Å². The fourth-order valence-electron chi connectivity index (χ4n) is 1.28. The first-order valence-corrected chi connectivity index (χ1v) is 5.55. The van der Waals surface area contributed by atoms with E-state index in [1.807, 2.05) is 6.92 Å². The molecule has 0 aliphatic rings. The fourth-order valence-corrected chi connectivity index (χ4v) is 1.40. The second kappa shape index (κ2) is 4.97. The molecule has 2 aromatic rings. The molecule has 1 amide bonds. The number of halogens is 1. The van der Waals surface area contributed by atoms with Crippen LogP contribution in [0.5, 0.6) is 0 Å². The van der Waals surface area contributed by atoms with E-state index >= 15 is 0 Å². The summed E-state index contributed by atoms with van der Waals surface area (Å²) in [5.41, 5.74) is 0.655. The summed E-state index contributed by atoms with van der Waals surface area (Å²) in [6.45, 7) is 1.93. The van der Waals surface area contributed by atoms with Crippen LogP contribution in [0.2, 0.25) is 5.02 Å². The van der Waals surface area contributed by atoms with E-state index in [4.69, 9.17) is 11.6 Å². The highest BCUT2D eigenvalue weighted by atomic mass is 35.5. The number of nitrogens with zero attached hydrogens (tertiary/aromatic N) is 2. The molecule has 0 atom stereocenters. The van der Waals surface area contributed by atoms with Crippen molar-refractivity contribution in [2.45, 2.75) is 13.3 Å². The maximum atomic E-state index is 11.7. The van der Waals surface area contributed by atoms with Gasteiger partial charge in [0.1, 0.15) is 5.82 Å². The Morgan fingerprint density at radius 1 is 1.41 bits per heavy atom. The van der Waals surface area contributed by atoms with E-state index < -0.39 is 0 Å². The Labute approximate surface area is 103 Å². The highest BCUT2D eigenvalue weighted by Crippen LogP contribution is 2.13. The average molecular weight is 251 g/mol. The third-order valence-corrected chi connectivity index (χ3v) is 2.42. The molecule has 1 aromatic carbocycles. The van der Waals surface area contributed by atoms with Gasteiger partial charge in [-0.1, -0.05) is 18.5 Å². The molecule has 88 valence electrons. The topological polar surface area (TPSA) is 70.7 Å². The first kappa shape index (κ1) is 11.6. The van der Waals surface area contributed by atoms with Crippen molar-refractivity contribution in [2.75, 3.05) is 5.32 Å². The Bertz CT molecular complexity index is 521. The molecule has 2 rings (SSSR count). The van der Waals surface area contributed by atoms with Crippen molar-refractivity contribution in [3.8, 4) is 0 Å². The van der Waals surface area contributed by atoms with Crippen molar-refractivity contribution < 1.29 is 4.79 Å². The Balaban J connectivity index is 2.08. The van der Waals surface area contributed by atoms with Crippen molar-refractivity contribution >= 4 is 23.2 Å². The molecule has 17 heavy (non-hydrogen) atoms. The number of H-pyrrole nitrogens is 1. The summed E-state index contributed by atoms with van der Waals surface area (Å²) in [6.07, 6.45) is 0.710. The van der Waals surface area contributed by atoms with Crippen LogP contribution in [0.25, 0.3) is 0 Å². The number of aryl methyl sites for hydroxylation is 1.